The second-order valence-electron chi connectivity index (χ2n) is 15.6. The van der Waals surface area contributed by atoms with E-state index in [2.05, 4.69) is 38.3 Å². The summed E-state index contributed by atoms with van der Waals surface area (Å²) in [6.07, 6.45) is 11.5. The summed E-state index contributed by atoms with van der Waals surface area (Å²) in [7, 11) is 0.209. The molecule has 4 heterocycles. The van der Waals surface area contributed by atoms with Crippen LogP contribution >= 0.6 is 0 Å². The maximum atomic E-state index is 14.9. The highest BCUT2D eigenvalue weighted by molar-refractivity contribution is 7.90. The number of fused-ring (bicyclic) bond motifs is 7. The van der Waals surface area contributed by atoms with Crippen LogP contribution in [0.2, 0.25) is 0 Å². The molecule has 8 rings (SSSR count). The van der Waals surface area contributed by atoms with Crippen LogP contribution in [0.1, 0.15) is 111 Å². The molecule has 2 saturated carbocycles. The average molecular weight is 687 g/mol. The van der Waals surface area contributed by atoms with Crippen molar-refractivity contribution in [2.75, 3.05) is 39.5 Å². The van der Waals surface area contributed by atoms with E-state index >= 15 is 0 Å². The molecule has 4 fully saturated rings. The van der Waals surface area contributed by atoms with Crippen molar-refractivity contribution in [3.8, 4) is 17.0 Å². The normalized spacial score (nSPS) is 25.0. The number of carbonyl (C=O) groups excluding carboxylic acids is 2. The summed E-state index contributed by atoms with van der Waals surface area (Å²) >= 11 is 0. The van der Waals surface area contributed by atoms with Gasteiger partial charge < -0.3 is 19.1 Å². The lowest BCUT2D eigenvalue weighted by atomic mass is 9.81. The van der Waals surface area contributed by atoms with E-state index in [9.17, 15) is 18.0 Å². The molecule has 2 aliphatic carbocycles. The standard InChI is InChI=1S/C39H50N4O5S/c1-4-21-49(46,47)40-36(44)27-11-13-30-33(22-27)43-25-39(37(45)42-19-16-38(17-20-42)15-8-18-41(38)2)24-32(39)31-23-28(48-3)12-14-29(31)35(43)34(30)26-9-6-5-7-10-26/h11-14,22-23,26,32H,4-10,15-21,24-25H2,1-3H3,(H,40,44). The number of nitrogens with one attached hydrogen (secondary N) is 1. The largest absolute Gasteiger partial charge is 0.497 e. The molecule has 3 aromatic rings. The fraction of sp³-hybridized carbons (Fsp3) is 0.590. The average Bonchev–Trinajstić information content (AvgIpc) is 3.64. The molecule has 2 saturated heterocycles. The van der Waals surface area contributed by atoms with Gasteiger partial charge >= 0.3 is 0 Å². The van der Waals surface area contributed by atoms with Crippen LogP contribution in [0.15, 0.2) is 36.4 Å². The van der Waals surface area contributed by atoms with E-state index in [1.165, 1.54) is 43.2 Å². The summed E-state index contributed by atoms with van der Waals surface area (Å²) in [4.78, 5) is 33.0. The number of piperidine rings is 1. The van der Waals surface area contributed by atoms with E-state index in [1.54, 1.807) is 20.1 Å². The topological polar surface area (TPSA) is 101 Å². The van der Waals surface area contributed by atoms with Crippen molar-refractivity contribution >= 4 is 32.7 Å². The molecular formula is C39H50N4O5S. The number of nitrogens with zero attached hydrogens (tertiary/aromatic N) is 3. The van der Waals surface area contributed by atoms with Crippen LogP contribution in [-0.4, -0.2) is 79.7 Å². The number of hydrogen-bond acceptors (Lipinski definition) is 6. The second kappa shape index (κ2) is 12.1. The molecule has 49 heavy (non-hydrogen) atoms. The third kappa shape index (κ3) is 5.39. The number of amides is 2. The van der Waals surface area contributed by atoms with Crippen LogP contribution in [-0.2, 0) is 21.4 Å². The molecule has 10 heteroatoms. The van der Waals surface area contributed by atoms with Gasteiger partial charge in [-0.25, -0.2) is 13.1 Å². The minimum Gasteiger partial charge on any atom is -0.497 e. The lowest BCUT2D eigenvalue weighted by Gasteiger charge is -2.44. The third-order valence-electron chi connectivity index (χ3n) is 12.9. The van der Waals surface area contributed by atoms with Gasteiger partial charge in [-0.05, 0) is 112 Å². The summed E-state index contributed by atoms with van der Waals surface area (Å²) in [6.45, 7) is 5.02. The Balaban J connectivity index is 1.26. The van der Waals surface area contributed by atoms with E-state index in [0.717, 1.165) is 79.6 Å². The van der Waals surface area contributed by atoms with Gasteiger partial charge in [-0.3, -0.25) is 9.59 Å². The zero-order valence-corrected chi connectivity index (χ0v) is 30.0. The fourth-order valence-electron chi connectivity index (χ4n) is 10.1. The first-order chi connectivity index (χ1) is 23.6. The van der Waals surface area contributed by atoms with E-state index in [4.69, 9.17) is 4.74 Å². The molecule has 9 nitrogen and oxygen atoms in total. The molecular weight excluding hydrogens is 637 g/mol. The summed E-state index contributed by atoms with van der Waals surface area (Å²) < 4.78 is 35.5. The highest BCUT2D eigenvalue weighted by Gasteiger charge is 2.64. The molecule has 1 aromatic heterocycles. The molecule has 2 atom stereocenters. The predicted octanol–water partition coefficient (Wildman–Crippen LogP) is 6.41. The summed E-state index contributed by atoms with van der Waals surface area (Å²) in [6, 6.07) is 12.0. The van der Waals surface area contributed by atoms with Crippen LogP contribution in [0.3, 0.4) is 0 Å². The molecule has 2 unspecified atom stereocenters. The molecule has 3 aliphatic heterocycles. The number of methoxy groups -OCH3 is 1. The maximum absolute atomic E-state index is 14.9. The van der Waals surface area contributed by atoms with Crippen LogP contribution in [0.4, 0.5) is 0 Å². The number of ether oxygens (including phenoxy) is 1. The lowest BCUT2D eigenvalue weighted by molar-refractivity contribution is -0.140. The zero-order chi connectivity index (χ0) is 34.1. The van der Waals surface area contributed by atoms with E-state index in [1.807, 2.05) is 18.2 Å². The predicted molar refractivity (Wildman–Crippen MR) is 191 cm³/mol. The van der Waals surface area contributed by atoms with E-state index in [0.29, 0.717) is 24.4 Å². The monoisotopic (exact) mass is 686 g/mol. The zero-order valence-electron chi connectivity index (χ0n) is 29.2. The summed E-state index contributed by atoms with van der Waals surface area (Å²) in [5.74, 6) is 0.776. The van der Waals surface area contributed by atoms with Crippen molar-refractivity contribution in [3.63, 3.8) is 0 Å². The van der Waals surface area contributed by atoms with Gasteiger partial charge in [0.25, 0.3) is 5.91 Å². The van der Waals surface area contributed by atoms with Crippen molar-refractivity contribution in [2.24, 2.45) is 5.41 Å². The van der Waals surface area contributed by atoms with Crippen molar-refractivity contribution in [1.82, 2.24) is 19.1 Å². The SMILES string of the molecule is CCCS(=O)(=O)NC(=O)c1ccc2c(C3CCCCC3)c3n(c2c1)CC1(C(=O)N2CCC4(CCCN4C)CC2)CC1c1cc(OC)ccc1-3. The number of hydrogen-bond donors (Lipinski definition) is 1. The number of rotatable bonds is 7. The van der Waals surface area contributed by atoms with Gasteiger partial charge in [0.05, 0.1) is 24.0 Å². The molecule has 2 aromatic carbocycles. The minimum atomic E-state index is -3.73. The highest BCUT2D eigenvalue weighted by Crippen LogP contribution is 2.66. The van der Waals surface area contributed by atoms with Gasteiger partial charge in [0, 0.05) is 53.1 Å². The number of sulfonamides is 1. The molecule has 262 valence electrons. The number of likely N-dealkylation sites (tertiary alicyclic amines) is 2. The molecule has 0 radical (unpaired) electrons. The minimum absolute atomic E-state index is 0.0787. The summed E-state index contributed by atoms with van der Waals surface area (Å²) in [5.41, 5.74) is 5.65. The molecule has 5 aliphatic rings. The van der Waals surface area contributed by atoms with Gasteiger partial charge in [-0.2, -0.15) is 0 Å². The molecule has 1 N–H and O–H groups in total. The van der Waals surface area contributed by atoms with Crippen LogP contribution in [0, 0.1) is 5.41 Å². The summed E-state index contributed by atoms with van der Waals surface area (Å²) in [5, 5.41) is 1.10. The smallest absolute Gasteiger partial charge is 0.264 e. The Bertz CT molecular complexity index is 1920. The van der Waals surface area contributed by atoms with Crippen molar-refractivity contribution in [2.45, 2.75) is 101 Å². The third-order valence-corrected chi connectivity index (χ3v) is 14.3. The van der Waals surface area contributed by atoms with Gasteiger partial charge in [0.1, 0.15) is 5.75 Å². The first kappa shape index (κ1) is 32.8. The Kier molecular flexibility index (Phi) is 8.13. The Hall–Kier alpha value is -3.37. The number of carbonyl (C=O) groups is 2. The Morgan fingerprint density at radius 3 is 2.45 bits per heavy atom. The van der Waals surface area contributed by atoms with Gasteiger partial charge in [0.2, 0.25) is 15.9 Å². The Morgan fingerprint density at radius 1 is 0.980 bits per heavy atom. The maximum Gasteiger partial charge on any atom is 0.264 e. The van der Waals surface area contributed by atoms with Crippen molar-refractivity contribution in [1.29, 1.82) is 0 Å². The van der Waals surface area contributed by atoms with Crippen LogP contribution in [0.5, 0.6) is 5.75 Å². The van der Waals surface area contributed by atoms with E-state index < -0.39 is 21.3 Å². The Labute approximate surface area is 290 Å². The lowest BCUT2D eigenvalue weighted by Crippen LogP contribution is -2.53. The molecule has 2 amide bonds. The first-order valence-electron chi connectivity index (χ1n) is 18.5. The molecule has 1 spiro atoms. The number of aromatic nitrogens is 1. The fourth-order valence-corrected chi connectivity index (χ4v) is 11.1. The van der Waals surface area contributed by atoms with Crippen LogP contribution in [0.25, 0.3) is 22.2 Å². The van der Waals surface area contributed by atoms with Gasteiger partial charge in [0.15, 0.2) is 0 Å². The highest BCUT2D eigenvalue weighted by atomic mass is 32.2. The number of benzene rings is 2. The first-order valence-corrected chi connectivity index (χ1v) is 20.1. The van der Waals surface area contributed by atoms with Gasteiger partial charge in [-0.15, -0.1) is 0 Å². The van der Waals surface area contributed by atoms with Gasteiger partial charge in [-0.1, -0.05) is 32.3 Å². The van der Waals surface area contributed by atoms with Crippen LogP contribution < -0.4 is 9.46 Å². The Morgan fingerprint density at radius 2 is 1.76 bits per heavy atom. The van der Waals surface area contributed by atoms with Crippen molar-refractivity contribution < 1.29 is 22.7 Å². The van der Waals surface area contributed by atoms with Crippen molar-refractivity contribution in [3.05, 3.63) is 53.1 Å². The van der Waals surface area contributed by atoms with E-state index in [-0.39, 0.29) is 23.1 Å². The molecule has 0 bridgehead atoms. The second-order valence-corrected chi connectivity index (χ2v) is 17.4. The quantitative estimate of drug-likeness (QED) is 0.309.